The lowest BCUT2D eigenvalue weighted by molar-refractivity contribution is 0.198. The minimum Gasteiger partial charge on any atom is -0.396 e. The zero-order valence-corrected chi connectivity index (χ0v) is 7.90. The van der Waals surface area contributed by atoms with E-state index in [1.54, 1.807) is 6.92 Å². The maximum absolute atomic E-state index is 9.44. The summed E-state index contributed by atoms with van der Waals surface area (Å²) in [5.41, 5.74) is 2.10. The van der Waals surface area contributed by atoms with Crippen molar-refractivity contribution in [2.24, 2.45) is 0 Å². The lowest BCUT2D eigenvalue weighted by atomic mass is 10.00. The highest BCUT2D eigenvalue weighted by Crippen LogP contribution is 2.18. The van der Waals surface area contributed by atoms with Gasteiger partial charge in [0.2, 0.25) is 0 Å². The molecule has 0 spiro atoms. The van der Waals surface area contributed by atoms with Gasteiger partial charge in [-0.1, -0.05) is 24.3 Å². The van der Waals surface area contributed by atoms with Gasteiger partial charge in [-0.3, -0.25) is 0 Å². The first kappa shape index (κ1) is 10.2. The minimum absolute atomic E-state index is 0.203. The number of aliphatic hydroxyl groups is 2. The van der Waals surface area contributed by atoms with Gasteiger partial charge < -0.3 is 10.2 Å². The molecule has 0 radical (unpaired) electrons. The monoisotopic (exact) mass is 180 g/mol. The molecule has 0 heterocycles. The first-order valence-corrected chi connectivity index (χ1v) is 4.62. The van der Waals surface area contributed by atoms with E-state index >= 15 is 0 Å². The van der Waals surface area contributed by atoms with Crippen LogP contribution in [0.1, 0.15) is 30.6 Å². The van der Waals surface area contributed by atoms with Gasteiger partial charge in [0, 0.05) is 6.61 Å². The van der Waals surface area contributed by atoms with Crippen molar-refractivity contribution in [3.63, 3.8) is 0 Å². The van der Waals surface area contributed by atoms with Gasteiger partial charge in [-0.05, 0) is 30.9 Å². The average Bonchev–Trinajstić information content (AvgIpc) is 2.15. The average molecular weight is 180 g/mol. The molecule has 0 aliphatic heterocycles. The van der Waals surface area contributed by atoms with Gasteiger partial charge in [0.25, 0.3) is 0 Å². The summed E-state index contributed by atoms with van der Waals surface area (Å²) in [5, 5.41) is 18.1. The van der Waals surface area contributed by atoms with Crippen molar-refractivity contribution in [1.82, 2.24) is 0 Å². The summed E-state index contributed by atoms with van der Waals surface area (Å²) in [6.07, 6.45) is 1.16. The Kier molecular flexibility index (Phi) is 3.93. The van der Waals surface area contributed by atoms with Crippen LogP contribution in [-0.2, 0) is 6.42 Å². The van der Waals surface area contributed by atoms with Crippen molar-refractivity contribution in [2.75, 3.05) is 6.61 Å². The van der Waals surface area contributed by atoms with E-state index in [1.165, 1.54) is 0 Å². The summed E-state index contributed by atoms with van der Waals surface area (Å²) >= 11 is 0. The van der Waals surface area contributed by atoms with Crippen LogP contribution in [-0.4, -0.2) is 16.8 Å². The van der Waals surface area contributed by atoms with E-state index in [2.05, 4.69) is 0 Å². The molecule has 1 atom stereocenters. The molecule has 1 unspecified atom stereocenters. The van der Waals surface area contributed by atoms with E-state index < -0.39 is 6.10 Å². The van der Waals surface area contributed by atoms with Gasteiger partial charge in [0.1, 0.15) is 0 Å². The molecule has 0 saturated heterocycles. The van der Waals surface area contributed by atoms with Crippen molar-refractivity contribution >= 4 is 0 Å². The van der Waals surface area contributed by atoms with Crippen LogP contribution in [0.3, 0.4) is 0 Å². The highest BCUT2D eigenvalue weighted by molar-refractivity contribution is 5.28. The number of rotatable bonds is 4. The fourth-order valence-corrected chi connectivity index (χ4v) is 1.44. The Morgan fingerprint density at radius 1 is 1.31 bits per heavy atom. The molecular formula is C11H16O2. The predicted octanol–water partition coefficient (Wildman–Crippen LogP) is 1.66. The van der Waals surface area contributed by atoms with Gasteiger partial charge in [0.15, 0.2) is 0 Å². The third-order valence-corrected chi connectivity index (χ3v) is 2.11. The second-order valence-corrected chi connectivity index (χ2v) is 3.20. The zero-order valence-electron chi connectivity index (χ0n) is 7.90. The summed E-state index contributed by atoms with van der Waals surface area (Å²) in [4.78, 5) is 0. The lowest BCUT2D eigenvalue weighted by Crippen LogP contribution is -1.99. The molecule has 0 bridgehead atoms. The number of aryl methyl sites for hydroxylation is 1. The molecule has 0 aromatic heterocycles. The Labute approximate surface area is 78.8 Å². The van der Waals surface area contributed by atoms with Crippen molar-refractivity contribution in [3.8, 4) is 0 Å². The van der Waals surface area contributed by atoms with Crippen LogP contribution < -0.4 is 0 Å². The van der Waals surface area contributed by atoms with Crippen LogP contribution in [0.25, 0.3) is 0 Å². The molecule has 1 aromatic carbocycles. The SMILES string of the molecule is CC(O)c1ccccc1CCCO. The second-order valence-electron chi connectivity index (χ2n) is 3.20. The Hall–Kier alpha value is -0.860. The maximum atomic E-state index is 9.44. The normalized spacial score (nSPS) is 12.8. The van der Waals surface area contributed by atoms with Crippen molar-refractivity contribution in [2.45, 2.75) is 25.9 Å². The van der Waals surface area contributed by atoms with Crippen LogP contribution in [0.5, 0.6) is 0 Å². The molecule has 0 fully saturated rings. The van der Waals surface area contributed by atoms with Gasteiger partial charge in [0.05, 0.1) is 6.10 Å². The first-order valence-electron chi connectivity index (χ1n) is 4.62. The van der Waals surface area contributed by atoms with E-state index in [-0.39, 0.29) is 6.61 Å². The molecular weight excluding hydrogens is 164 g/mol. The minimum atomic E-state index is -0.421. The summed E-state index contributed by atoms with van der Waals surface area (Å²) in [6, 6.07) is 7.80. The fraction of sp³-hybridized carbons (Fsp3) is 0.455. The quantitative estimate of drug-likeness (QED) is 0.740. The topological polar surface area (TPSA) is 40.5 Å². The van der Waals surface area contributed by atoms with E-state index in [4.69, 9.17) is 5.11 Å². The van der Waals surface area contributed by atoms with Crippen molar-refractivity contribution < 1.29 is 10.2 Å². The van der Waals surface area contributed by atoms with Gasteiger partial charge >= 0.3 is 0 Å². The summed E-state index contributed by atoms with van der Waals surface area (Å²) in [7, 11) is 0. The smallest absolute Gasteiger partial charge is 0.0764 e. The van der Waals surface area contributed by atoms with E-state index in [9.17, 15) is 5.11 Å². The van der Waals surface area contributed by atoms with Gasteiger partial charge in [-0.25, -0.2) is 0 Å². The van der Waals surface area contributed by atoms with E-state index in [0.717, 1.165) is 24.0 Å². The first-order chi connectivity index (χ1) is 6.25. The Morgan fingerprint density at radius 2 is 2.00 bits per heavy atom. The molecule has 72 valence electrons. The fourth-order valence-electron chi connectivity index (χ4n) is 1.44. The molecule has 2 N–H and O–H groups in total. The third-order valence-electron chi connectivity index (χ3n) is 2.11. The summed E-state index contributed by atoms with van der Waals surface area (Å²) < 4.78 is 0. The van der Waals surface area contributed by atoms with E-state index in [1.807, 2.05) is 24.3 Å². The van der Waals surface area contributed by atoms with Gasteiger partial charge in [-0.15, -0.1) is 0 Å². The second kappa shape index (κ2) is 5.00. The molecule has 13 heavy (non-hydrogen) atoms. The highest BCUT2D eigenvalue weighted by atomic mass is 16.3. The molecule has 0 saturated carbocycles. The largest absolute Gasteiger partial charge is 0.396 e. The van der Waals surface area contributed by atoms with Crippen LogP contribution in [0.4, 0.5) is 0 Å². The summed E-state index contributed by atoms with van der Waals surface area (Å²) in [5.74, 6) is 0. The molecule has 0 aliphatic rings. The van der Waals surface area contributed by atoms with Crippen LogP contribution >= 0.6 is 0 Å². The Morgan fingerprint density at radius 3 is 2.62 bits per heavy atom. The predicted molar refractivity (Wildman–Crippen MR) is 52.5 cm³/mol. The van der Waals surface area contributed by atoms with Crippen LogP contribution in [0, 0.1) is 0 Å². The Bertz CT molecular complexity index is 256. The van der Waals surface area contributed by atoms with Crippen LogP contribution in [0.2, 0.25) is 0 Å². The summed E-state index contributed by atoms with van der Waals surface area (Å²) in [6.45, 7) is 1.96. The van der Waals surface area contributed by atoms with Crippen molar-refractivity contribution in [3.05, 3.63) is 35.4 Å². The maximum Gasteiger partial charge on any atom is 0.0764 e. The molecule has 2 heteroatoms. The molecule has 0 aliphatic carbocycles. The highest BCUT2D eigenvalue weighted by Gasteiger charge is 2.05. The molecule has 1 aromatic rings. The van der Waals surface area contributed by atoms with Crippen molar-refractivity contribution in [1.29, 1.82) is 0 Å². The number of aliphatic hydroxyl groups excluding tert-OH is 2. The molecule has 0 amide bonds. The van der Waals surface area contributed by atoms with Crippen LogP contribution in [0.15, 0.2) is 24.3 Å². The Balaban J connectivity index is 2.78. The standard InChI is InChI=1S/C11H16O2/c1-9(13)11-7-3-2-5-10(11)6-4-8-12/h2-3,5,7,9,12-13H,4,6,8H2,1H3. The zero-order chi connectivity index (χ0) is 9.68. The van der Waals surface area contributed by atoms with Gasteiger partial charge in [-0.2, -0.15) is 0 Å². The third kappa shape index (κ3) is 2.83. The molecule has 1 rings (SSSR count). The van der Waals surface area contributed by atoms with E-state index in [0.29, 0.717) is 0 Å². The lowest BCUT2D eigenvalue weighted by Gasteiger charge is -2.10. The molecule has 2 nitrogen and oxygen atoms in total. The number of benzene rings is 1. The number of hydrogen-bond donors (Lipinski definition) is 2. The number of hydrogen-bond acceptors (Lipinski definition) is 2.